The molecule has 1 saturated heterocycles. The van der Waals surface area contributed by atoms with Gasteiger partial charge in [-0.2, -0.15) is 0 Å². The SMILES string of the molecule is CC(C)CC1NCC(=O)N1CC(C)N(C)C. The summed E-state index contributed by atoms with van der Waals surface area (Å²) in [7, 11) is 4.10. The summed E-state index contributed by atoms with van der Waals surface area (Å²) in [5.74, 6) is 0.847. The van der Waals surface area contributed by atoms with Gasteiger partial charge in [0.05, 0.1) is 12.7 Å². The Kier molecular flexibility index (Phi) is 4.74. The van der Waals surface area contributed by atoms with Crippen molar-refractivity contribution in [2.75, 3.05) is 27.2 Å². The monoisotopic (exact) mass is 227 g/mol. The zero-order valence-electron chi connectivity index (χ0n) is 11.2. The summed E-state index contributed by atoms with van der Waals surface area (Å²) in [6.45, 7) is 7.85. The van der Waals surface area contributed by atoms with Crippen LogP contribution in [-0.2, 0) is 4.79 Å². The van der Waals surface area contributed by atoms with Crippen molar-refractivity contribution in [3.63, 3.8) is 0 Å². The van der Waals surface area contributed by atoms with Gasteiger partial charge in [-0.05, 0) is 33.4 Å². The van der Waals surface area contributed by atoms with Crippen molar-refractivity contribution in [3.05, 3.63) is 0 Å². The van der Waals surface area contributed by atoms with E-state index >= 15 is 0 Å². The summed E-state index contributed by atoms with van der Waals surface area (Å²) in [6.07, 6.45) is 1.27. The molecule has 0 saturated carbocycles. The Labute approximate surface area is 99.0 Å². The van der Waals surface area contributed by atoms with Crippen LogP contribution in [0.15, 0.2) is 0 Å². The maximum Gasteiger partial charge on any atom is 0.237 e. The van der Waals surface area contributed by atoms with Crippen LogP contribution in [0, 0.1) is 5.92 Å². The van der Waals surface area contributed by atoms with Crippen molar-refractivity contribution in [1.82, 2.24) is 15.1 Å². The molecule has 16 heavy (non-hydrogen) atoms. The predicted molar refractivity (Wildman–Crippen MR) is 66.1 cm³/mol. The fourth-order valence-corrected chi connectivity index (χ4v) is 1.92. The van der Waals surface area contributed by atoms with Crippen LogP contribution in [0.5, 0.6) is 0 Å². The van der Waals surface area contributed by atoms with E-state index in [4.69, 9.17) is 0 Å². The molecule has 1 heterocycles. The predicted octanol–water partition coefficient (Wildman–Crippen LogP) is 0.741. The lowest BCUT2D eigenvalue weighted by Crippen LogP contribution is -2.45. The van der Waals surface area contributed by atoms with Crippen LogP contribution < -0.4 is 5.32 Å². The third-order valence-electron chi connectivity index (χ3n) is 3.22. The lowest BCUT2D eigenvalue weighted by Gasteiger charge is -2.30. The summed E-state index contributed by atoms with van der Waals surface area (Å²) in [6, 6.07) is 0.401. The minimum absolute atomic E-state index is 0.231. The van der Waals surface area contributed by atoms with Gasteiger partial charge in [-0.1, -0.05) is 13.8 Å². The molecule has 0 aromatic heterocycles. The van der Waals surface area contributed by atoms with E-state index in [1.807, 2.05) is 4.90 Å². The molecule has 2 atom stereocenters. The first-order valence-electron chi connectivity index (χ1n) is 6.11. The zero-order chi connectivity index (χ0) is 12.3. The third-order valence-corrected chi connectivity index (χ3v) is 3.22. The average Bonchev–Trinajstić information content (AvgIpc) is 2.48. The number of nitrogens with zero attached hydrogens (tertiary/aromatic N) is 2. The normalized spacial score (nSPS) is 23.6. The molecule has 0 radical (unpaired) electrons. The van der Waals surface area contributed by atoms with E-state index in [0.29, 0.717) is 18.5 Å². The Balaban J connectivity index is 2.56. The summed E-state index contributed by atoms with van der Waals surface area (Å²) >= 11 is 0. The third kappa shape index (κ3) is 3.46. The minimum Gasteiger partial charge on any atom is -0.324 e. The largest absolute Gasteiger partial charge is 0.324 e. The van der Waals surface area contributed by atoms with E-state index < -0.39 is 0 Å². The first-order chi connectivity index (χ1) is 7.41. The van der Waals surface area contributed by atoms with Gasteiger partial charge in [0.2, 0.25) is 5.91 Å². The molecule has 1 fully saturated rings. The van der Waals surface area contributed by atoms with Gasteiger partial charge in [0, 0.05) is 12.6 Å². The second-order valence-electron chi connectivity index (χ2n) is 5.38. The smallest absolute Gasteiger partial charge is 0.237 e. The van der Waals surface area contributed by atoms with Crippen LogP contribution >= 0.6 is 0 Å². The number of carbonyl (C=O) groups excluding carboxylic acids is 1. The molecule has 0 aromatic rings. The van der Waals surface area contributed by atoms with Gasteiger partial charge >= 0.3 is 0 Å². The van der Waals surface area contributed by atoms with Crippen LogP contribution in [0.3, 0.4) is 0 Å². The highest BCUT2D eigenvalue weighted by Crippen LogP contribution is 2.15. The molecule has 0 bridgehead atoms. The summed E-state index contributed by atoms with van der Waals surface area (Å²) < 4.78 is 0. The summed E-state index contributed by atoms with van der Waals surface area (Å²) in [4.78, 5) is 15.9. The van der Waals surface area contributed by atoms with Crippen molar-refractivity contribution in [1.29, 1.82) is 0 Å². The molecule has 1 rings (SSSR count). The van der Waals surface area contributed by atoms with Gasteiger partial charge < -0.3 is 9.80 Å². The molecule has 1 aliphatic heterocycles. The van der Waals surface area contributed by atoms with Crippen molar-refractivity contribution in [2.45, 2.75) is 39.4 Å². The van der Waals surface area contributed by atoms with Gasteiger partial charge in [-0.3, -0.25) is 10.1 Å². The molecule has 0 aromatic carbocycles. The molecular weight excluding hydrogens is 202 g/mol. The van der Waals surface area contributed by atoms with Crippen molar-refractivity contribution < 1.29 is 4.79 Å². The van der Waals surface area contributed by atoms with E-state index in [9.17, 15) is 4.79 Å². The highest BCUT2D eigenvalue weighted by molar-refractivity contribution is 5.80. The van der Waals surface area contributed by atoms with Crippen LogP contribution in [0.25, 0.3) is 0 Å². The quantitative estimate of drug-likeness (QED) is 0.752. The van der Waals surface area contributed by atoms with Crippen molar-refractivity contribution >= 4 is 5.91 Å². The fourth-order valence-electron chi connectivity index (χ4n) is 1.92. The average molecular weight is 227 g/mol. The Morgan fingerprint density at radius 2 is 2.06 bits per heavy atom. The number of carbonyl (C=O) groups is 1. The molecule has 0 spiro atoms. The molecule has 1 N–H and O–H groups in total. The summed E-state index contributed by atoms with van der Waals surface area (Å²) in [5, 5.41) is 3.29. The number of rotatable bonds is 5. The van der Waals surface area contributed by atoms with E-state index in [2.05, 4.69) is 45.1 Å². The van der Waals surface area contributed by atoms with Crippen LogP contribution in [0.4, 0.5) is 0 Å². The van der Waals surface area contributed by atoms with Gasteiger partial charge in [-0.25, -0.2) is 0 Å². The van der Waals surface area contributed by atoms with Gasteiger partial charge in [0.1, 0.15) is 0 Å². The van der Waals surface area contributed by atoms with Crippen molar-refractivity contribution in [3.8, 4) is 0 Å². The number of amides is 1. The van der Waals surface area contributed by atoms with Crippen LogP contribution in [0.2, 0.25) is 0 Å². The second kappa shape index (κ2) is 5.64. The van der Waals surface area contributed by atoms with E-state index in [0.717, 1.165) is 13.0 Å². The molecule has 0 aliphatic carbocycles. The number of likely N-dealkylation sites (N-methyl/N-ethyl adjacent to an activating group) is 1. The van der Waals surface area contributed by atoms with Gasteiger partial charge in [0.25, 0.3) is 0 Å². The zero-order valence-corrected chi connectivity index (χ0v) is 11.2. The van der Waals surface area contributed by atoms with E-state index in [1.165, 1.54) is 0 Å². The first kappa shape index (κ1) is 13.5. The molecule has 4 nitrogen and oxygen atoms in total. The second-order valence-corrected chi connectivity index (χ2v) is 5.38. The standard InChI is InChI=1S/C12H25N3O/c1-9(2)6-11-13-7-12(16)15(11)8-10(3)14(4)5/h9-11,13H,6-8H2,1-5H3. The highest BCUT2D eigenvalue weighted by Gasteiger charge is 2.31. The number of hydrogen-bond acceptors (Lipinski definition) is 3. The molecule has 94 valence electrons. The number of hydrogen-bond donors (Lipinski definition) is 1. The van der Waals surface area contributed by atoms with Crippen molar-refractivity contribution in [2.24, 2.45) is 5.92 Å². The lowest BCUT2D eigenvalue weighted by atomic mass is 10.1. The lowest BCUT2D eigenvalue weighted by molar-refractivity contribution is -0.128. The molecule has 4 heteroatoms. The topological polar surface area (TPSA) is 35.6 Å². The number of nitrogens with one attached hydrogen (secondary N) is 1. The summed E-state index contributed by atoms with van der Waals surface area (Å²) in [5.41, 5.74) is 0. The maximum atomic E-state index is 11.8. The van der Waals surface area contributed by atoms with Crippen LogP contribution in [0.1, 0.15) is 27.2 Å². The molecule has 1 aliphatic rings. The Morgan fingerprint density at radius 3 is 2.56 bits per heavy atom. The van der Waals surface area contributed by atoms with E-state index in [-0.39, 0.29) is 12.1 Å². The van der Waals surface area contributed by atoms with Crippen LogP contribution in [-0.4, -0.2) is 55.1 Å². The molecular formula is C12H25N3O. The highest BCUT2D eigenvalue weighted by atomic mass is 16.2. The first-order valence-corrected chi connectivity index (χ1v) is 6.11. The maximum absolute atomic E-state index is 11.8. The Morgan fingerprint density at radius 1 is 1.44 bits per heavy atom. The van der Waals surface area contributed by atoms with Gasteiger partial charge in [-0.15, -0.1) is 0 Å². The fraction of sp³-hybridized carbons (Fsp3) is 0.917. The molecule has 2 unspecified atom stereocenters. The van der Waals surface area contributed by atoms with E-state index in [1.54, 1.807) is 0 Å². The van der Waals surface area contributed by atoms with Gasteiger partial charge in [0.15, 0.2) is 0 Å². The molecule has 1 amide bonds. The Bertz CT molecular complexity index is 240. The Hall–Kier alpha value is -0.610. The minimum atomic E-state index is 0.231.